The number of aryl methyl sites for hydroxylation is 3. The molecule has 0 aliphatic carbocycles. The van der Waals surface area contributed by atoms with Crippen LogP contribution in [0.4, 0.5) is 0 Å². The van der Waals surface area contributed by atoms with Gasteiger partial charge in [-0.05, 0) is 69.7 Å². The van der Waals surface area contributed by atoms with Crippen molar-refractivity contribution in [2.45, 2.75) is 65.5 Å². The highest BCUT2D eigenvalue weighted by molar-refractivity contribution is 5.77. The molecule has 168 valence electrons. The van der Waals surface area contributed by atoms with E-state index in [1.54, 1.807) is 10.8 Å². The second-order valence-corrected chi connectivity index (χ2v) is 8.56. The zero-order valence-corrected chi connectivity index (χ0v) is 19.0. The maximum Gasteiger partial charge on any atom is 0.347 e. The monoisotopic (exact) mass is 434 g/mol. The van der Waals surface area contributed by atoms with Gasteiger partial charge in [0.2, 0.25) is 5.91 Å². The van der Waals surface area contributed by atoms with Crippen molar-refractivity contribution in [3.05, 3.63) is 63.9 Å². The molecule has 0 saturated carbocycles. The molecule has 0 radical (unpaired) electrons. The van der Waals surface area contributed by atoms with Crippen molar-refractivity contribution in [1.82, 2.24) is 29.6 Å². The lowest BCUT2D eigenvalue weighted by molar-refractivity contribution is -0.135. The Labute approximate surface area is 187 Å². The SMILES string of the molecule is Cc1cc(C)n(CCCC(=O)N2CCCCC2c2[nH]ncc2-c2ccncc2C)c(=O)n1. The number of likely N-dealkylation sites (tertiary alicyclic amines) is 1. The lowest BCUT2D eigenvalue weighted by Gasteiger charge is -2.36. The Kier molecular flexibility index (Phi) is 6.48. The van der Waals surface area contributed by atoms with E-state index in [9.17, 15) is 9.59 Å². The van der Waals surface area contributed by atoms with Gasteiger partial charge in [0.25, 0.3) is 0 Å². The van der Waals surface area contributed by atoms with Gasteiger partial charge in [0.1, 0.15) is 0 Å². The Morgan fingerprint density at radius 3 is 2.81 bits per heavy atom. The van der Waals surface area contributed by atoms with E-state index in [2.05, 4.69) is 20.2 Å². The van der Waals surface area contributed by atoms with Crippen molar-refractivity contribution in [2.24, 2.45) is 0 Å². The Morgan fingerprint density at radius 1 is 1.19 bits per heavy atom. The van der Waals surface area contributed by atoms with Gasteiger partial charge in [0.15, 0.2) is 0 Å². The summed E-state index contributed by atoms with van der Waals surface area (Å²) < 4.78 is 1.65. The fourth-order valence-electron chi connectivity index (χ4n) is 4.65. The molecule has 1 atom stereocenters. The summed E-state index contributed by atoms with van der Waals surface area (Å²) in [6, 6.07) is 3.87. The molecule has 4 rings (SSSR count). The lowest BCUT2D eigenvalue weighted by Crippen LogP contribution is -2.39. The van der Waals surface area contributed by atoms with E-state index >= 15 is 0 Å². The number of aromatic nitrogens is 5. The molecule has 1 fully saturated rings. The lowest BCUT2D eigenvalue weighted by atomic mass is 9.93. The van der Waals surface area contributed by atoms with Gasteiger partial charge in [-0.3, -0.25) is 19.4 Å². The number of piperidine rings is 1. The molecular weight excluding hydrogens is 404 g/mol. The molecule has 8 heteroatoms. The second-order valence-electron chi connectivity index (χ2n) is 8.56. The van der Waals surface area contributed by atoms with Gasteiger partial charge >= 0.3 is 5.69 Å². The number of carbonyl (C=O) groups is 1. The van der Waals surface area contributed by atoms with Crippen LogP contribution in [0.25, 0.3) is 11.1 Å². The summed E-state index contributed by atoms with van der Waals surface area (Å²) >= 11 is 0. The summed E-state index contributed by atoms with van der Waals surface area (Å²) in [6.07, 6.45) is 9.46. The molecule has 1 amide bonds. The minimum Gasteiger partial charge on any atom is -0.334 e. The molecule has 32 heavy (non-hydrogen) atoms. The minimum absolute atomic E-state index is 0.0215. The maximum atomic E-state index is 13.2. The molecule has 1 saturated heterocycles. The van der Waals surface area contributed by atoms with Crippen LogP contribution in [0.2, 0.25) is 0 Å². The number of aromatic amines is 1. The van der Waals surface area contributed by atoms with E-state index in [1.165, 1.54) is 0 Å². The first kappa shape index (κ1) is 21.9. The summed E-state index contributed by atoms with van der Waals surface area (Å²) in [5, 5.41) is 7.48. The Bertz CT molecular complexity index is 1170. The van der Waals surface area contributed by atoms with Gasteiger partial charge in [0, 0.05) is 48.9 Å². The molecular formula is C24H30N6O2. The summed E-state index contributed by atoms with van der Waals surface area (Å²) in [4.78, 5) is 35.6. The van der Waals surface area contributed by atoms with Gasteiger partial charge in [-0.2, -0.15) is 10.1 Å². The standard InChI is InChI=1S/C24H30N6O2/c1-16-14-25-10-9-19(16)20-15-26-28-23(20)21-7-4-5-11-30(21)22(31)8-6-12-29-18(3)13-17(2)27-24(29)32/h9-10,13-15,21H,4-8,11-12H2,1-3H3,(H,26,28). The quantitative estimate of drug-likeness (QED) is 0.641. The molecule has 1 N–H and O–H groups in total. The van der Waals surface area contributed by atoms with Crippen molar-refractivity contribution in [1.29, 1.82) is 0 Å². The normalized spacial score (nSPS) is 16.3. The molecule has 1 aliphatic rings. The van der Waals surface area contributed by atoms with Crippen LogP contribution in [0.3, 0.4) is 0 Å². The summed E-state index contributed by atoms with van der Waals surface area (Å²) in [5.74, 6) is 0.118. The van der Waals surface area contributed by atoms with E-state index in [4.69, 9.17) is 0 Å². The maximum absolute atomic E-state index is 13.2. The third-order valence-electron chi connectivity index (χ3n) is 6.25. The number of hydrogen-bond donors (Lipinski definition) is 1. The average molecular weight is 435 g/mol. The average Bonchev–Trinajstić information content (AvgIpc) is 3.25. The fraction of sp³-hybridized carbons (Fsp3) is 0.458. The number of nitrogens with one attached hydrogen (secondary N) is 1. The number of pyridine rings is 1. The highest BCUT2D eigenvalue weighted by Crippen LogP contribution is 2.36. The van der Waals surface area contributed by atoms with Crippen LogP contribution in [-0.2, 0) is 11.3 Å². The number of hydrogen-bond acceptors (Lipinski definition) is 5. The van der Waals surface area contributed by atoms with Gasteiger partial charge in [-0.25, -0.2) is 4.79 Å². The van der Waals surface area contributed by atoms with Crippen LogP contribution in [0.5, 0.6) is 0 Å². The van der Waals surface area contributed by atoms with Crippen LogP contribution < -0.4 is 5.69 Å². The number of rotatable bonds is 6. The number of amides is 1. The van der Waals surface area contributed by atoms with Crippen molar-refractivity contribution in [2.75, 3.05) is 6.54 Å². The minimum atomic E-state index is -0.249. The molecule has 0 aromatic carbocycles. The van der Waals surface area contributed by atoms with Crippen LogP contribution >= 0.6 is 0 Å². The number of carbonyl (C=O) groups excluding carboxylic acids is 1. The summed E-state index contributed by atoms with van der Waals surface area (Å²) in [5.41, 5.74) is 5.53. The zero-order chi connectivity index (χ0) is 22.7. The van der Waals surface area contributed by atoms with Crippen molar-refractivity contribution in [3.63, 3.8) is 0 Å². The van der Waals surface area contributed by atoms with Gasteiger partial charge < -0.3 is 4.90 Å². The van der Waals surface area contributed by atoms with Gasteiger partial charge in [0.05, 0.1) is 17.9 Å². The van der Waals surface area contributed by atoms with Gasteiger partial charge in [-0.15, -0.1) is 0 Å². The molecule has 8 nitrogen and oxygen atoms in total. The Hall–Kier alpha value is -3.29. The molecule has 0 spiro atoms. The Balaban J connectivity index is 1.49. The topological polar surface area (TPSA) is 96.8 Å². The molecule has 1 unspecified atom stereocenters. The van der Waals surface area contributed by atoms with Crippen molar-refractivity contribution < 1.29 is 4.79 Å². The van der Waals surface area contributed by atoms with E-state index in [0.717, 1.165) is 59.6 Å². The predicted octanol–water partition coefficient (Wildman–Crippen LogP) is 3.49. The summed E-state index contributed by atoms with van der Waals surface area (Å²) in [7, 11) is 0. The van der Waals surface area contributed by atoms with Crippen molar-refractivity contribution in [3.8, 4) is 11.1 Å². The molecule has 0 bridgehead atoms. The first-order valence-electron chi connectivity index (χ1n) is 11.2. The first-order chi connectivity index (χ1) is 15.5. The third-order valence-corrected chi connectivity index (χ3v) is 6.25. The second kappa shape index (κ2) is 9.46. The highest BCUT2D eigenvalue weighted by Gasteiger charge is 2.31. The van der Waals surface area contributed by atoms with Gasteiger partial charge in [-0.1, -0.05) is 0 Å². The number of H-pyrrole nitrogens is 1. The molecule has 3 aromatic rings. The molecule has 3 aromatic heterocycles. The zero-order valence-electron chi connectivity index (χ0n) is 19.0. The molecule has 1 aliphatic heterocycles. The van der Waals surface area contributed by atoms with Crippen molar-refractivity contribution >= 4 is 5.91 Å². The van der Waals surface area contributed by atoms with E-state index in [-0.39, 0.29) is 17.6 Å². The third kappa shape index (κ3) is 4.49. The highest BCUT2D eigenvalue weighted by atomic mass is 16.2. The van der Waals surface area contributed by atoms with Crippen LogP contribution in [0.15, 0.2) is 35.5 Å². The summed E-state index contributed by atoms with van der Waals surface area (Å²) in [6.45, 7) is 6.98. The van der Waals surface area contributed by atoms with E-state index < -0.39 is 0 Å². The predicted molar refractivity (Wildman–Crippen MR) is 122 cm³/mol. The smallest absolute Gasteiger partial charge is 0.334 e. The first-order valence-corrected chi connectivity index (χ1v) is 11.2. The fourth-order valence-corrected chi connectivity index (χ4v) is 4.65. The van der Waals surface area contributed by atoms with Crippen LogP contribution in [0, 0.1) is 20.8 Å². The largest absolute Gasteiger partial charge is 0.347 e. The van der Waals surface area contributed by atoms with Crippen LogP contribution in [-0.4, -0.2) is 42.1 Å². The van der Waals surface area contributed by atoms with E-state index in [1.807, 2.05) is 50.2 Å². The molecule has 4 heterocycles. The van der Waals surface area contributed by atoms with E-state index in [0.29, 0.717) is 19.4 Å². The number of nitrogens with zero attached hydrogens (tertiary/aromatic N) is 5. The van der Waals surface area contributed by atoms with Crippen LogP contribution in [0.1, 0.15) is 60.8 Å². The Morgan fingerprint density at radius 2 is 2.03 bits per heavy atom.